The number of nitrogens with zero attached hydrogens (tertiary/aromatic N) is 2. The Balaban J connectivity index is 2.04. The van der Waals surface area contributed by atoms with Crippen molar-refractivity contribution in [1.82, 2.24) is 9.97 Å². The smallest absolute Gasteiger partial charge is 0.237 e. The Morgan fingerprint density at radius 2 is 2.19 bits per heavy atom. The van der Waals surface area contributed by atoms with Gasteiger partial charge in [0.2, 0.25) is 5.91 Å². The van der Waals surface area contributed by atoms with Gasteiger partial charge in [-0.25, -0.2) is 14.4 Å². The van der Waals surface area contributed by atoms with Gasteiger partial charge in [0.15, 0.2) is 5.16 Å². The molecule has 0 bridgehead atoms. The van der Waals surface area contributed by atoms with Crippen LogP contribution in [0.1, 0.15) is 12.6 Å². The van der Waals surface area contributed by atoms with E-state index in [0.717, 1.165) is 5.69 Å². The van der Waals surface area contributed by atoms with Crippen LogP contribution >= 0.6 is 11.8 Å². The number of benzene rings is 1. The van der Waals surface area contributed by atoms with Crippen LogP contribution in [0.5, 0.6) is 0 Å². The number of hydrogen-bond donors (Lipinski definition) is 2. The number of rotatable bonds is 4. The van der Waals surface area contributed by atoms with Gasteiger partial charge in [0.1, 0.15) is 5.82 Å². The van der Waals surface area contributed by atoms with Crippen LogP contribution < -0.4 is 11.1 Å². The topological polar surface area (TPSA) is 80.9 Å². The van der Waals surface area contributed by atoms with Gasteiger partial charge in [-0.05, 0) is 38.1 Å². The Morgan fingerprint density at radius 3 is 2.90 bits per heavy atom. The molecule has 0 saturated carbocycles. The van der Waals surface area contributed by atoms with Crippen molar-refractivity contribution in [2.75, 3.05) is 11.1 Å². The highest BCUT2D eigenvalue weighted by Crippen LogP contribution is 2.22. The van der Waals surface area contributed by atoms with Crippen molar-refractivity contribution < 1.29 is 9.18 Å². The Labute approximate surface area is 126 Å². The van der Waals surface area contributed by atoms with Crippen molar-refractivity contribution in [3.8, 4) is 0 Å². The number of aryl methyl sites for hydroxylation is 1. The van der Waals surface area contributed by atoms with Crippen molar-refractivity contribution in [3.63, 3.8) is 0 Å². The van der Waals surface area contributed by atoms with Gasteiger partial charge in [-0.3, -0.25) is 4.79 Å². The van der Waals surface area contributed by atoms with Gasteiger partial charge in [0, 0.05) is 17.6 Å². The lowest BCUT2D eigenvalue weighted by atomic mass is 10.2. The number of aromatic nitrogens is 2. The molecule has 0 aliphatic rings. The van der Waals surface area contributed by atoms with Gasteiger partial charge >= 0.3 is 0 Å². The van der Waals surface area contributed by atoms with Crippen LogP contribution in [0.25, 0.3) is 0 Å². The molecule has 5 nitrogen and oxygen atoms in total. The molecule has 2 aromatic rings. The van der Waals surface area contributed by atoms with Crippen LogP contribution in [0.4, 0.5) is 15.8 Å². The lowest BCUT2D eigenvalue weighted by molar-refractivity contribution is -0.115. The minimum absolute atomic E-state index is 0.0672. The lowest BCUT2D eigenvalue weighted by Gasteiger charge is -2.12. The fourth-order valence-electron chi connectivity index (χ4n) is 1.57. The summed E-state index contributed by atoms with van der Waals surface area (Å²) in [5.41, 5.74) is 6.85. The first-order valence-corrected chi connectivity index (χ1v) is 7.16. The van der Waals surface area contributed by atoms with Gasteiger partial charge < -0.3 is 11.1 Å². The van der Waals surface area contributed by atoms with E-state index in [0.29, 0.717) is 10.8 Å². The van der Waals surface area contributed by atoms with E-state index in [9.17, 15) is 9.18 Å². The maximum absolute atomic E-state index is 13.6. The number of carbonyl (C=O) groups is 1. The molecular formula is C14H15FN4OS. The van der Waals surface area contributed by atoms with Crippen molar-refractivity contribution in [3.05, 3.63) is 42.0 Å². The maximum atomic E-state index is 13.6. The summed E-state index contributed by atoms with van der Waals surface area (Å²) in [5.74, 6) is -0.865. The van der Waals surface area contributed by atoms with Crippen molar-refractivity contribution in [2.24, 2.45) is 0 Å². The summed E-state index contributed by atoms with van der Waals surface area (Å²) in [6, 6.07) is 5.81. The summed E-state index contributed by atoms with van der Waals surface area (Å²) in [4.78, 5) is 20.4. The Hall–Kier alpha value is -2.15. The third kappa shape index (κ3) is 4.16. The van der Waals surface area contributed by atoms with Crippen molar-refractivity contribution in [2.45, 2.75) is 24.3 Å². The molecule has 21 heavy (non-hydrogen) atoms. The summed E-state index contributed by atoms with van der Waals surface area (Å²) < 4.78 is 13.6. The normalized spacial score (nSPS) is 12.0. The van der Waals surface area contributed by atoms with E-state index in [-0.39, 0.29) is 11.6 Å². The molecule has 0 aliphatic heterocycles. The van der Waals surface area contributed by atoms with E-state index < -0.39 is 11.1 Å². The lowest BCUT2D eigenvalue weighted by Crippen LogP contribution is -2.23. The number of halogens is 1. The van der Waals surface area contributed by atoms with Crippen LogP contribution in [-0.2, 0) is 4.79 Å². The molecule has 110 valence electrons. The zero-order valence-corrected chi connectivity index (χ0v) is 12.4. The number of amides is 1. The monoisotopic (exact) mass is 306 g/mol. The van der Waals surface area contributed by atoms with Crippen molar-refractivity contribution in [1.29, 1.82) is 0 Å². The standard InChI is InChI=1S/C14H15FN4OS/c1-8-5-6-17-14(18-8)21-9(2)13(20)19-12-7-10(16)3-4-11(12)15/h3-7,9H,16H2,1-2H3,(H,19,20). The van der Waals surface area contributed by atoms with E-state index in [1.165, 1.54) is 30.0 Å². The molecule has 0 fully saturated rings. The second kappa shape index (κ2) is 6.53. The fourth-order valence-corrected chi connectivity index (χ4v) is 2.37. The highest BCUT2D eigenvalue weighted by Gasteiger charge is 2.17. The van der Waals surface area contributed by atoms with Crippen LogP contribution in [0, 0.1) is 12.7 Å². The van der Waals surface area contributed by atoms with Crippen LogP contribution in [0.2, 0.25) is 0 Å². The fraction of sp³-hybridized carbons (Fsp3) is 0.214. The van der Waals surface area contributed by atoms with Gasteiger partial charge in [-0.2, -0.15) is 0 Å². The number of nitrogen functional groups attached to an aromatic ring is 1. The van der Waals surface area contributed by atoms with E-state index in [1.54, 1.807) is 19.2 Å². The number of hydrogen-bond acceptors (Lipinski definition) is 5. The van der Waals surface area contributed by atoms with Crippen LogP contribution in [0.15, 0.2) is 35.6 Å². The number of carbonyl (C=O) groups excluding carboxylic acids is 1. The summed E-state index contributed by atoms with van der Waals surface area (Å²) in [6.07, 6.45) is 1.63. The van der Waals surface area contributed by atoms with Crippen LogP contribution in [0.3, 0.4) is 0 Å². The molecule has 1 unspecified atom stereocenters. The molecule has 0 radical (unpaired) electrons. The molecule has 1 aromatic heterocycles. The van der Waals surface area contributed by atoms with Gasteiger partial charge in [-0.15, -0.1) is 0 Å². The SMILES string of the molecule is Cc1ccnc(SC(C)C(=O)Nc2cc(N)ccc2F)n1. The number of nitrogens with two attached hydrogens (primary N) is 1. The summed E-state index contributed by atoms with van der Waals surface area (Å²) in [7, 11) is 0. The molecule has 1 amide bonds. The quantitative estimate of drug-likeness (QED) is 0.515. The first kappa shape index (κ1) is 15.2. The van der Waals surface area contributed by atoms with Gasteiger partial charge in [0.25, 0.3) is 0 Å². The zero-order chi connectivity index (χ0) is 15.4. The first-order chi connectivity index (χ1) is 9.95. The third-order valence-electron chi connectivity index (χ3n) is 2.67. The highest BCUT2D eigenvalue weighted by atomic mass is 32.2. The van der Waals surface area contributed by atoms with E-state index in [4.69, 9.17) is 5.73 Å². The number of anilines is 2. The summed E-state index contributed by atoms with van der Waals surface area (Å²) in [6.45, 7) is 3.55. The zero-order valence-electron chi connectivity index (χ0n) is 11.6. The van der Waals surface area contributed by atoms with Crippen LogP contribution in [-0.4, -0.2) is 21.1 Å². The Kier molecular flexibility index (Phi) is 4.74. The summed E-state index contributed by atoms with van der Waals surface area (Å²) >= 11 is 1.21. The minimum atomic E-state index is -0.526. The molecule has 1 atom stereocenters. The molecule has 3 N–H and O–H groups in total. The second-order valence-corrected chi connectivity index (χ2v) is 5.78. The Bertz CT molecular complexity index is 665. The van der Waals surface area contributed by atoms with Gasteiger partial charge in [0.05, 0.1) is 10.9 Å². The largest absolute Gasteiger partial charge is 0.399 e. The molecular weight excluding hydrogens is 291 g/mol. The molecule has 1 heterocycles. The van der Waals surface area contributed by atoms with E-state index in [2.05, 4.69) is 15.3 Å². The molecule has 7 heteroatoms. The second-order valence-electron chi connectivity index (χ2n) is 4.47. The average molecular weight is 306 g/mol. The highest BCUT2D eigenvalue weighted by molar-refractivity contribution is 8.00. The van der Waals surface area contributed by atoms with Crippen molar-refractivity contribution >= 4 is 29.0 Å². The molecule has 0 aliphatic carbocycles. The predicted molar refractivity (Wildman–Crippen MR) is 81.5 cm³/mol. The minimum Gasteiger partial charge on any atom is -0.399 e. The molecule has 2 rings (SSSR count). The van der Waals surface area contributed by atoms with E-state index >= 15 is 0 Å². The molecule has 0 spiro atoms. The number of thioether (sulfide) groups is 1. The van der Waals surface area contributed by atoms with E-state index in [1.807, 2.05) is 6.92 Å². The third-order valence-corrected chi connectivity index (χ3v) is 3.65. The average Bonchev–Trinajstić information content (AvgIpc) is 2.43. The summed E-state index contributed by atoms with van der Waals surface area (Å²) in [5, 5.41) is 2.56. The predicted octanol–water partition coefficient (Wildman–Crippen LogP) is 2.63. The molecule has 1 aromatic carbocycles. The number of nitrogens with one attached hydrogen (secondary N) is 1. The van der Waals surface area contributed by atoms with Gasteiger partial charge in [-0.1, -0.05) is 11.8 Å². The maximum Gasteiger partial charge on any atom is 0.237 e. The Morgan fingerprint density at radius 1 is 1.43 bits per heavy atom. The first-order valence-electron chi connectivity index (χ1n) is 6.28. The molecule has 0 saturated heterocycles.